The van der Waals surface area contributed by atoms with Crippen LogP contribution >= 0.6 is 0 Å². The fourth-order valence-electron chi connectivity index (χ4n) is 2.77. The number of amides is 2. The molecule has 1 saturated heterocycles. The first kappa shape index (κ1) is 13.7. The summed E-state index contributed by atoms with van der Waals surface area (Å²) in [5.74, 6) is 0.873. The highest BCUT2D eigenvalue weighted by molar-refractivity contribution is 5.75. The van der Waals surface area contributed by atoms with Gasteiger partial charge in [-0.3, -0.25) is 0 Å². The van der Waals surface area contributed by atoms with Crippen LogP contribution < -0.4 is 5.32 Å². The van der Waals surface area contributed by atoms with E-state index in [0.29, 0.717) is 6.54 Å². The first-order valence-electron chi connectivity index (χ1n) is 7.37. The van der Waals surface area contributed by atoms with Gasteiger partial charge in [0.1, 0.15) is 5.76 Å². The molecule has 1 aliphatic rings. The topological polar surface area (TPSA) is 45.5 Å². The first-order chi connectivity index (χ1) is 10.2. The number of nitrogens with zero attached hydrogens (tertiary/aromatic N) is 1. The van der Waals surface area contributed by atoms with Gasteiger partial charge in [0.2, 0.25) is 0 Å². The normalized spacial score (nSPS) is 18.0. The number of nitrogens with one attached hydrogen (secondary N) is 1. The number of likely N-dealkylation sites (tertiary alicyclic amines) is 1. The number of hydrogen-bond donors (Lipinski definition) is 1. The number of furan rings is 1. The minimum Gasteiger partial charge on any atom is -0.467 e. The first-order valence-corrected chi connectivity index (χ1v) is 7.37. The van der Waals surface area contributed by atoms with Gasteiger partial charge in [-0.05, 0) is 37.5 Å². The molecule has 3 rings (SSSR count). The van der Waals surface area contributed by atoms with Gasteiger partial charge in [0, 0.05) is 13.1 Å². The predicted octanol–water partition coefficient (Wildman–Crippen LogP) is 3.63. The van der Waals surface area contributed by atoms with E-state index < -0.39 is 0 Å². The average Bonchev–Trinajstić information content (AvgIpc) is 3.16. The summed E-state index contributed by atoms with van der Waals surface area (Å²) < 4.78 is 5.45. The zero-order valence-corrected chi connectivity index (χ0v) is 12.2. The van der Waals surface area contributed by atoms with Gasteiger partial charge in [-0.15, -0.1) is 0 Å². The third-order valence-corrected chi connectivity index (χ3v) is 3.95. The van der Waals surface area contributed by atoms with Crippen LogP contribution in [0.25, 0.3) is 0 Å². The summed E-state index contributed by atoms with van der Waals surface area (Å²) in [6.45, 7) is 3.39. The van der Waals surface area contributed by atoms with Gasteiger partial charge in [-0.2, -0.15) is 0 Å². The Labute approximate surface area is 124 Å². The molecule has 1 N–H and O–H groups in total. The summed E-state index contributed by atoms with van der Waals surface area (Å²) in [6.07, 6.45) is 3.64. The summed E-state index contributed by atoms with van der Waals surface area (Å²) in [6, 6.07) is 12.1. The number of hydrogen-bond acceptors (Lipinski definition) is 2. The van der Waals surface area contributed by atoms with Gasteiger partial charge >= 0.3 is 6.03 Å². The van der Waals surface area contributed by atoms with E-state index in [0.717, 1.165) is 30.7 Å². The Hall–Kier alpha value is -2.23. The van der Waals surface area contributed by atoms with Crippen LogP contribution in [-0.2, 0) is 6.54 Å². The number of rotatable bonds is 3. The Bertz CT molecular complexity index is 590. The van der Waals surface area contributed by atoms with E-state index in [4.69, 9.17) is 4.42 Å². The van der Waals surface area contributed by atoms with Crippen molar-refractivity contribution in [3.05, 3.63) is 59.5 Å². The largest absolute Gasteiger partial charge is 0.467 e. The smallest absolute Gasteiger partial charge is 0.318 e. The molecular formula is C17H20N2O2. The summed E-state index contributed by atoms with van der Waals surface area (Å²) in [7, 11) is 0. The van der Waals surface area contributed by atoms with Gasteiger partial charge in [0.05, 0.1) is 12.3 Å². The Morgan fingerprint density at radius 3 is 2.86 bits per heavy atom. The minimum atomic E-state index is -0.0190. The standard InChI is InChI=1S/C17H20N2O2/c1-13-6-8-14(9-7-13)12-18-17(20)19-10-2-4-15(19)16-5-3-11-21-16/h3,5-9,11,15H,2,4,10,12H2,1H3,(H,18,20)/t15-/m1/s1. The molecule has 4 nitrogen and oxygen atoms in total. The van der Waals surface area contributed by atoms with Crippen molar-refractivity contribution in [3.63, 3.8) is 0 Å². The quantitative estimate of drug-likeness (QED) is 0.935. The van der Waals surface area contributed by atoms with Gasteiger partial charge in [-0.1, -0.05) is 29.8 Å². The van der Waals surface area contributed by atoms with Gasteiger partial charge in [-0.25, -0.2) is 4.79 Å². The molecule has 4 heteroatoms. The van der Waals surface area contributed by atoms with Gasteiger partial charge < -0.3 is 14.6 Å². The molecule has 0 bridgehead atoms. The Kier molecular flexibility index (Phi) is 3.95. The zero-order chi connectivity index (χ0) is 14.7. The van der Waals surface area contributed by atoms with Crippen LogP contribution in [0.3, 0.4) is 0 Å². The second kappa shape index (κ2) is 6.04. The maximum atomic E-state index is 12.4. The zero-order valence-electron chi connectivity index (χ0n) is 12.2. The molecule has 2 heterocycles. The summed E-state index contributed by atoms with van der Waals surface area (Å²) >= 11 is 0. The third-order valence-electron chi connectivity index (χ3n) is 3.95. The lowest BCUT2D eigenvalue weighted by Crippen LogP contribution is -2.39. The fourth-order valence-corrected chi connectivity index (χ4v) is 2.77. The van der Waals surface area contributed by atoms with Crippen LogP contribution in [0.1, 0.15) is 35.8 Å². The molecule has 1 aliphatic heterocycles. The molecule has 2 aromatic rings. The van der Waals surface area contributed by atoms with Crippen LogP contribution in [0.15, 0.2) is 47.1 Å². The van der Waals surface area contributed by atoms with Crippen LogP contribution in [0.4, 0.5) is 4.79 Å². The van der Waals surface area contributed by atoms with Crippen molar-refractivity contribution in [2.75, 3.05) is 6.54 Å². The minimum absolute atomic E-state index is 0.0190. The molecule has 1 aromatic heterocycles. The monoisotopic (exact) mass is 284 g/mol. The second-order valence-electron chi connectivity index (χ2n) is 5.51. The van der Waals surface area contributed by atoms with E-state index in [1.165, 1.54) is 5.56 Å². The molecular weight excluding hydrogens is 264 g/mol. The maximum Gasteiger partial charge on any atom is 0.318 e. The van der Waals surface area contributed by atoms with Gasteiger partial charge in [0.25, 0.3) is 0 Å². The van der Waals surface area contributed by atoms with Crippen LogP contribution in [-0.4, -0.2) is 17.5 Å². The van der Waals surface area contributed by atoms with Crippen molar-refractivity contribution >= 4 is 6.03 Å². The summed E-state index contributed by atoms with van der Waals surface area (Å²) in [4.78, 5) is 14.2. The number of carbonyl (C=O) groups excluding carboxylic acids is 1. The molecule has 0 aliphatic carbocycles. The fraction of sp³-hybridized carbons (Fsp3) is 0.353. The highest BCUT2D eigenvalue weighted by Crippen LogP contribution is 2.31. The van der Waals surface area contributed by atoms with E-state index in [2.05, 4.69) is 24.4 Å². The Morgan fingerprint density at radius 2 is 2.14 bits per heavy atom. The van der Waals surface area contributed by atoms with E-state index >= 15 is 0 Å². The highest BCUT2D eigenvalue weighted by Gasteiger charge is 2.31. The molecule has 1 atom stereocenters. The molecule has 2 amide bonds. The van der Waals surface area contributed by atoms with Crippen molar-refractivity contribution in [2.45, 2.75) is 32.4 Å². The Morgan fingerprint density at radius 1 is 1.33 bits per heavy atom. The van der Waals surface area contributed by atoms with E-state index in [1.807, 2.05) is 29.2 Å². The predicted molar refractivity (Wildman–Crippen MR) is 80.8 cm³/mol. The van der Waals surface area contributed by atoms with Crippen molar-refractivity contribution < 1.29 is 9.21 Å². The molecule has 0 spiro atoms. The lowest BCUT2D eigenvalue weighted by Gasteiger charge is -2.23. The molecule has 0 saturated carbocycles. The lowest BCUT2D eigenvalue weighted by molar-refractivity contribution is 0.186. The van der Waals surface area contributed by atoms with Crippen LogP contribution in [0.2, 0.25) is 0 Å². The lowest BCUT2D eigenvalue weighted by atomic mass is 10.1. The number of benzene rings is 1. The molecule has 0 unspecified atom stereocenters. The number of urea groups is 1. The van der Waals surface area contributed by atoms with E-state index in [-0.39, 0.29) is 12.1 Å². The maximum absolute atomic E-state index is 12.4. The summed E-state index contributed by atoms with van der Waals surface area (Å²) in [5, 5.41) is 3.00. The average molecular weight is 284 g/mol. The molecule has 110 valence electrons. The Balaban J connectivity index is 1.61. The van der Waals surface area contributed by atoms with E-state index in [9.17, 15) is 4.79 Å². The number of carbonyl (C=O) groups is 1. The van der Waals surface area contributed by atoms with E-state index in [1.54, 1.807) is 6.26 Å². The summed E-state index contributed by atoms with van der Waals surface area (Å²) in [5.41, 5.74) is 2.34. The van der Waals surface area contributed by atoms with Crippen LogP contribution in [0.5, 0.6) is 0 Å². The van der Waals surface area contributed by atoms with Gasteiger partial charge in [0.15, 0.2) is 0 Å². The van der Waals surface area contributed by atoms with Crippen molar-refractivity contribution in [1.82, 2.24) is 10.2 Å². The third kappa shape index (κ3) is 3.10. The molecule has 21 heavy (non-hydrogen) atoms. The van der Waals surface area contributed by atoms with Crippen molar-refractivity contribution in [3.8, 4) is 0 Å². The number of aryl methyl sites for hydroxylation is 1. The van der Waals surface area contributed by atoms with Crippen molar-refractivity contribution in [2.24, 2.45) is 0 Å². The SMILES string of the molecule is Cc1ccc(CNC(=O)N2CCC[C@@H]2c2ccco2)cc1. The highest BCUT2D eigenvalue weighted by atomic mass is 16.3. The molecule has 1 aromatic carbocycles. The second-order valence-corrected chi connectivity index (χ2v) is 5.51. The van der Waals surface area contributed by atoms with Crippen molar-refractivity contribution in [1.29, 1.82) is 0 Å². The molecule has 1 fully saturated rings. The van der Waals surface area contributed by atoms with Crippen LogP contribution in [0, 0.1) is 6.92 Å². The molecule has 0 radical (unpaired) electrons.